The van der Waals surface area contributed by atoms with Gasteiger partial charge < -0.3 is 11.1 Å². The summed E-state index contributed by atoms with van der Waals surface area (Å²) in [5.74, 6) is -0.00569. The second kappa shape index (κ2) is 4.26. The molecule has 1 aromatic rings. The zero-order chi connectivity index (χ0) is 11.6. The van der Waals surface area contributed by atoms with Crippen LogP contribution in [0, 0.1) is 6.92 Å². The number of aryl methyl sites for hydroxylation is 1. The van der Waals surface area contributed by atoms with E-state index in [9.17, 15) is 4.79 Å². The molecule has 0 aromatic heterocycles. The second-order valence-electron chi connectivity index (χ2n) is 4.66. The molecule has 0 bridgehead atoms. The Labute approximate surface area is 96.0 Å². The van der Waals surface area contributed by atoms with Crippen LogP contribution in [0.2, 0.25) is 0 Å². The van der Waals surface area contributed by atoms with Crippen molar-refractivity contribution in [1.82, 2.24) is 5.32 Å². The normalized spacial score (nSPS) is 17.6. The van der Waals surface area contributed by atoms with Crippen LogP contribution in [0.3, 0.4) is 0 Å². The first-order valence-corrected chi connectivity index (χ1v) is 5.74. The van der Waals surface area contributed by atoms with Crippen LogP contribution in [0.4, 0.5) is 0 Å². The molecule has 0 aliphatic heterocycles. The van der Waals surface area contributed by atoms with E-state index in [0.29, 0.717) is 6.54 Å². The lowest BCUT2D eigenvalue weighted by atomic mass is 9.76. The van der Waals surface area contributed by atoms with Crippen LogP contribution in [0.25, 0.3) is 0 Å². The molecule has 0 atom stereocenters. The largest absolute Gasteiger partial charge is 0.345 e. The quantitative estimate of drug-likeness (QED) is 0.809. The van der Waals surface area contributed by atoms with E-state index in [1.165, 1.54) is 0 Å². The fourth-order valence-corrected chi connectivity index (χ4v) is 2.08. The fraction of sp³-hybridized carbons (Fsp3) is 0.462. The van der Waals surface area contributed by atoms with Crippen LogP contribution in [0.15, 0.2) is 24.3 Å². The second-order valence-corrected chi connectivity index (χ2v) is 4.66. The van der Waals surface area contributed by atoms with Crippen molar-refractivity contribution in [1.29, 1.82) is 0 Å². The number of nitrogens with two attached hydrogens (primary N) is 1. The van der Waals surface area contributed by atoms with Gasteiger partial charge in [0.1, 0.15) is 0 Å². The van der Waals surface area contributed by atoms with Crippen molar-refractivity contribution < 1.29 is 4.79 Å². The van der Waals surface area contributed by atoms with Crippen molar-refractivity contribution in [3.63, 3.8) is 0 Å². The SMILES string of the molecule is Cc1cccc(C(=O)NC2(CN)CCC2)c1. The lowest BCUT2D eigenvalue weighted by molar-refractivity contribution is 0.0837. The van der Waals surface area contributed by atoms with Crippen LogP contribution < -0.4 is 11.1 Å². The van der Waals surface area contributed by atoms with Gasteiger partial charge in [-0.1, -0.05) is 17.7 Å². The monoisotopic (exact) mass is 218 g/mol. The van der Waals surface area contributed by atoms with E-state index in [1.807, 2.05) is 31.2 Å². The third-order valence-corrected chi connectivity index (χ3v) is 3.36. The van der Waals surface area contributed by atoms with Crippen LogP contribution in [0.1, 0.15) is 35.2 Å². The molecule has 0 heterocycles. The molecule has 0 radical (unpaired) electrons. The molecule has 0 saturated heterocycles. The smallest absolute Gasteiger partial charge is 0.251 e. The first-order valence-electron chi connectivity index (χ1n) is 5.74. The number of hydrogen-bond donors (Lipinski definition) is 2. The number of benzene rings is 1. The van der Waals surface area contributed by atoms with Gasteiger partial charge in [0, 0.05) is 12.1 Å². The molecule has 86 valence electrons. The van der Waals surface area contributed by atoms with E-state index in [2.05, 4.69) is 5.32 Å². The predicted molar refractivity (Wildman–Crippen MR) is 64.3 cm³/mol. The van der Waals surface area contributed by atoms with E-state index >= 15 is 0 Å². The molecule has 1 aliphatic rings. The average molecular weight is 218 g/mol. The summed E-state index contributed by atoms with van der Waals surface area (Å²) >= 11 is 0. The van der Waals surface area contributed by atoms with Crippen LogP contribution in [-0.2, 0) is 0 Å². The molecule has 16 heavy (non-hydrogen) atoms. The Morgan fingerprint density at radius 2 is 2.25 bits per heavy atom. The summed E-state index contributed by atoms with van der Waals surface area (Å²) in [6, 6.07) is 7.63. The van der Waals surface area contributed by atoms with Gasteiger partial charge in [-0.15, -0.1) is 0 Å². The van der Waals surface area contributed by atoms with E-state index in [0.717, 1.165) is 30.4 Å². The maximum Gasteiger partial charge on any atom is 0.251 e. The predicted octanol–water partition coefficient (Wildman–Crippen LogP) is 1.61. The van der Waals surface area contributed by atoms with E-state index in [1.54, 1.807) is 0 Å². The van der Waals surface area contributed by atoms with Gasteiger partial charge in [0.05, 0.1) is 5.54 Å². The van der Waals surface area contributed by atoms with Crippen LogP contribution in [0.5, 0.6) is 0 Å². The Morgan fingerprint density at radius 3 is 2.75 bits per heavy atom. The highest BCUT2D eigenvalue weighted by molar-refractivity contribution is 5.94. The summed E-state index contributed by atoms with van der Waals surface area (Å²) in [7, 11) is 0. The third-order valence-electron chi connectivity index (χ3n) is 3.36. The molecule has 1 aromatic carbocycles. The maximum atomic E-state index is 12.0. The topological polar surface area (TPSA) is 55.1 Å². The number of hydrogen-bond acceptors (Lipinski definition) is 2. The number of rotatable bonds is 3. The van der Waals surface area contributed by atoms with Gasteiger partial charge in [-0.25, -0.2) is 0 Å². The lowest BCUT2D eigenvalue weighted by Gasteiger charge is -2.41. The number of carbonyl (C=O) groups is 1. The van der Waals surface area contributed by atoms with E-state index in [-0.39, 0.29) is 11.4 Å². The minimum absolute atomic E-state index is 0.00569. The van der Waals surface area contributed by atoms with Gasteiger partial charge in [-0.2, -0.15) is 0 Å². The van der Waals surface area contributed by atoms with Crippen molar-refractivity contribution in [2.45, 2.75) is 31.7 Å². The molecule has 3 nitrogen and oxygen atoms in total. The Kier molecular flexibility index (Phi) is 2.97. The fourth-order valence-electron chi connectivity index (χ4n) is 2.08. The van der Waals surface area contributed by atoms with Crippen molar-refractivity contribution in [2.75, 3.05) is 6.54 Å². The highest BCUT2D eigenvalue weighted by atomic mass is 16.1. The van der Waals surface area contributed by atoms with Gasteiger partial charge in [0.2, 0.25) is 0 Å². The summed E-state index contributed by atoms with van der Waals surface area (Å²) in [4.78, 5) is 12.0. The van der Waals surface area contributed by atoms with Gasteiger partial charge >= 0.3 is 0 Å². The molecule has 3 heteroatoms. The minimum Gasteiger partial charge on any atom is -0.345 e. The van der Waals surface area contributed by atoms with Crippen molar-refractivity contribution in [3.05, 3.63) is 35.4 Å². The van der Waals surface area contributed by atoms with Crippen LogP contribution in [-0.4, -0.2) is 18.0 Å². The molecule has 1 fully saturated rings. The molecule has 2 rings (SSSR count). The number of nitrogens with one attached hydrogen (secondary N) is 1. The number of amides is 1. The van der Waals surface area contributed by atoms with E-state index < -0.39 is 0 Å². The van der Waals surface area contributed by atoms with Gasteiger partial charge in [-0.3, -0.25) is 4.79 Å². The molecule has 0 spiro atoms. The summed E-state index contributed by atoms with van der Waals surface area (Å²) < 4.78 is 0. The number of carbonyl (C=O) groups excluding carboxylic acids is 1. The van der Waals surface area contributed by atoms with Crippen molar-refractivity contribution >= 4 is 5.91 Å². The third kappa shape index (κ3) is 2.09. The summed E-state index contributed by atoms with van der Waals surface area (Å²) in [6.07, 6.45) is 3.16. The standard InChI is InChI=1S/C13H18N2O/c1-10-4-2-5-11(8-10)12(16)15-13(9-14)6-3-7-13/h2,4-5,8H,3,6-7,9,14H2,1H3,(H,15,16). The first-order chi connectivity index (χ1) is 7.65. The Bertz CT molecular complexity index is 391. The van der Waals surface area contributed by atoms with Crippen LogP contribution >= 0.6 is 0 Å². The van der Waals surface area contributed by atoms with Crippen molar-refractivity contribution in [3.8, 4) is 0 Å². The Morgan fingerprint density at radius 1 is 1.50 bits per heavy atom. The molecule has 0 unspecified atom stereocenters. The summed E-state index contributed by atoms with van der Waals surface area (Å²) in [5.41, 5.74) is 7.39. The molecule has 1 saturated carbocycles. The molecule has 1 aliphatic carbocycles. The average Bonchev–Trinajstić information content (AvgIpc) is 2.23. The zero-order valence-corrected chi connectivity index (χ0v) is 9.62. The zero-order valence-electron chi connectivity index (χ0n) is 9.62. The Balaban J connectivity index is 2.08. The lowest BCUT2D eigenvalue weighted by Crippen LogP contribution is -2.58. The van der Waals surface area contributed by atoms with Gasteiger partial charge in [0.25, 0.3) is 5.91 Å². The highest BCUT2D eigenvalue weighted by Crippen LogP contribution is 2.30. The molecule has 1 amide bonds. The van der Waals surface area contributed by atoms with Gasteiger partial charge in [0.15, 0.2) is 0 Å². The summed E-state index contributed by atoms with van der Waals surface area (Å²) in [6.45, 7) is 2.52. The minimum atomic E-state index is -0.138. The van der Waals surface area contributed by atoms with Gasteiger partial charge in [-0.05, 0) is 38.3 Å². The highest BCUT2D eigenvalue weighted by Gasteiger charge is 2.36. The summed E-state index contributed by atoms with van der Waals surface area (Å²) in [5, 5.41) is 3.06. The van der Waals surface area contributed by atoms with Crippen molar-refractivity contribution in [2.24, 2.45) is 5.73 Å². The molecular weight excluding hydrogens is 200 g/mol. The maximum absolute atomic E-state index is 12.0. The molecule has 3 N–H and O–H groups in total. The first kappa shape index (κ1) is 11.1. The van der Waals surface area contributed by atoms with E-state index in [4.69, 9.17) is 5.73 Å². The molecular formula is C13H18N2O. The Hall–Kier alpha value is -1.35.